The average molecular weight is 302 g/mol. The molecule has 1 aromatic heterocycles. The molecular formula is C16H18N2O4. The van der Waals surface area contributed by atoms with Crippen molar-refractivity contribution in [1.82, 2.24) is 9.78 Å². The lowest BCUT2D eigenvalue weighted by molar-refractivity contribution is 0.0516. The SMILES string of the molecule is CCOC(=O)c1nn(-c2ccc(OC)cc2)c(C)c1C(C)=O. The first-order valence-electron chi connectivity index (χ1n) is 6.91. The summed E-state index contributed by atoms with van der Waals surface area (Å²) >= 11 is 0. The van der Waals surface area contributed by atoms with Gasteiger partial charge >= 0.3 is 5.97 Å². The standard InChI is InChI=1S/C16H18N2O4/c1-5-22-16(20)15-14(11(3)19)10(2)18(17-15)12-6-8-13(21-4)9-7-12/h6-9H,5H2,1-4H3. The van der Waals surface area contributed by atoms with E-state index >= 15 is 0 Å². The van der Waals surface area contributed by atoms with E-state index in [2.05, 4.69) is 5.10 Å². The van der Waals surface area contributed by atoms with Gasteiger partial charge < -0.3 is 9.47 Å². The lowest BCUT2D eigenvalue weighted by Gasteiger charge is -2.05. The smallest absolute Gasteiger partial charge is 0.359 e. The molecule has 0 aliphatic carbocycles. The highest BCUT2D eigenvalue weighted by Crippen LogP contribution is 2.21. The lowest BCUT2D eigenvalue weighted by Crippen LogP contribution is -2.10. The van der Waals surface area contributed by atoms with E-state index in [1.807, 2.05) is 0 Å². The molecule has 0 radical (unpaired) electrons. The zero-order valence-electron chi connectivity index (χ0n) is 13.0. The Labute approximate surface area is 128 Å². The first-order valence-corrected chi connectivity index (χ1v) is 6.91. The number of benzene rings is 1. The van der Waals surface area contributed by atoms with Gasteiger partial charge in [0.2, 0.25) is 0 Å². The van der Waals surface area contributed by atoms with E-state index in [1.165, 1.54) is 6.92 Å². The number of esters is 1. The van der Waals surface area contributed by atoms with Gasteiger partial charge in [0.1, 0.15) is 5.75 Å². The van der Waals surface area contributed by atoms with Gasteiger partial charge in [0.05, 0.1) is 30.7 Å². The minimum atomic E-state index is -0.594. The van der Waals surface area contributed by atoms with Crippen LogP contribution in [0.1, 0.15) is 40.4 Å². The third kappa shape index (κ3) is 2.86. The highest BCUT2D eigenvalue weighted by atomic mass is 16.5. The van der Waals surface area contributed by atoms with Crippen LogP contribution in [0.2, 0.25) is 0 Å². The molecule has 0 N–H and O–H groups in total. The predicted molar refractivity (Wildman–Crippen MR) is 80.8 cm³/mol. The van der Waals surface area contributed by atoms with E-state index in [0.717, 1.165) is 5.69 Å². The Hall–Kier alpha value is -2.63. The number of ether oxygens (including phenoxy) is 2. The molecule has 22 heavy (non-hydrogen) atoms. The fraction of sp³-hybridized carbons (Fsp3) is 0.312. The van der Waals surface area contributed by atoms with Crippen molar-refractivity contribution in [3.8, 4) is 11.4 Å². The van der Waals surface area contributed by atoms with Gasteiger partial charge in [0.15, 0.2) is 11.5 Å². The molecule has 116 valence electrons. The van der Waals surface area contributed by atoms with Crippen molar-refractivity contribution in [3.05, 3.63) is 41.2 Å². The first-order chi connectivity index (χ1) is 10.5. The van der Waals surface area contributed by atoms with Gasteiger partial charge in [-0.25, -0.2) is 9.48 Å². The summed E-state index contributed by atoms with van der Waals surface area (Å²) in [5.74, 6) is -0.102. The Balaban J connectivity index is 2.54. The quantitative estimate of drug-likeness (QED) is 0.627. The maximum atomic E-state index is 12.0. The number of carbonyl (C=O) groups is 2. The van der Waals surface area contributed by atoms with Crippen molar-refractivity contribution in [2.24, 2.45) is 0 Å². The second-order valence-corrected chi connectivity index (χ2v) is 4.70. The molecule has 0 fully saturated rings. The van der Waals surface area contributed by atoms with Crippen molar-refractivity contribution in [2.75, 3.05) is 13.7 Å². The molecule has 0 aliphatic rings. The number of Topliss-reactive ketones (excluding diaryl/α,β-unsaturated/α-hetero) is 1. The number of aromatic nitrogens is 2. The number of carbonyl (C=O) groups excluding carboxylic acids is 2. The van der Waals surface area contributed by atoms with Crippen molar-refractivity contribution in [2.45, 2.75) is 20.8 Å². The van der Waals surface area contributed by atoms with Crippen LogP contribution in [0.4, 0.5) is 0 Å². The third-order valence-corrected chi connectivity index (χ3v) is 3.25. The summed E-state index contributed by atoms with van der Waals surface area (Å²) in [4.78, 5) is 23.9. The van der Waals surface area contributed by atoms with Crippen LogP contribution in [-0.2, 0) is 4.74 Å². The number of ketones is 1. The maximum Gasteiger partial charge on any atom is 0.359 e. The Kier molecular flexibility index (Phi) is 4.60. The van der Waals surface area contributed by atoms with Crippen LogP contribution >= 0.6 is 0 Å². The van der Waals surface area contributed by atoms with Crippen molar-refractivity contribution >= 4 is 11.8 Å². The number of nitrogens with zero attached hydrogens (tertiary/aromatic N) is 2. The number of methoxy groups -OCH3 is 1. The van der Waals surface area contributed by atoms with E-state index < -0.39 is 5.97 Å². The van der Waals surface area contributed by atoms with Crippen LogP contribution in [-0.4, -0.2) is 35.2 Å². The Morgan fingerprint density at radius 3 is 2.36 bits per heavy atom. The summed E-state index contributed by atoms with van der Waals surface area (Å²) in [6.07, 6.45) is 0. The van der Waals surface area contributed by atoms with Crippen LogP contribution in [0.3, 0.4) is 0 Å². The van der Waals surface area contributed by atoms with Crippen LogP contribution in [0.15, 0.2) is 24.3 Å². The van der Waals surface area contributed by atoms with Crippen molar-refractivity contribution < 1.29 is 19.1 Å². The largest absolute Gasteiger partial charge is 0.497 e. The molecule has 0 bridgehead atoms. The lowest BCUT2D eigenvalue weighted by atomic mass is 10.1. The number of hydrogen-bond acceptors (Lipinski definition) is 5. The van der Waals surface area contributed by atoms with E-state index in [0.29, 0.717) is 11.4 Å². The average Bonchev–Trinajstić information content (AvgIpc) is 2.85. The summed E-state index contributed by atoms with van der Waals surface area (Å²) in [7, 11) is 1.58. The van der Waals surface area contributed by atoms with Gasteiger partial charge in [-0.2, -0.15) is 5.10 Å². The van der Waals surface area contributed by atoms with Crippen LogP contribution in [0.5, 0.6) is 5.75 Å². The fourth-order valence-electron chi connectivity index (χ4n) is 2.24. The maximum absolute atomic E-state index is 12.0. The molecule has 1 aromatic carbocycles. The Morgan fingerprint density at radius 2 is 1.86 bits per heavy atom. The van der Waals surface area contributed by atoms with Gasteiger partial charge in [-0.1, -0.05) is 0 Å². The van der Waals surface area contributed by atoms with E-state index in [-0.39, 0.29) is 23.6 Å². The summed E-state index contributed by atoms with van der Waals surface area (Å²) in [6, 6.07) is 7.18. The molecule has 0 spiro atoms. The van der Waals surface area contributed by atoms with Crippen molar-refractivity contribution in [1.29, 1.82) is 0 Å². The van der Waals surface area contributed by atoms with Crippen LogP contribution < -0.4 is 4.74 Å². The van der Waals surface area contributed by atoms with Gasteiger partial charge in [-0.05, 0) is 45.0 Å². The normalized spacial score (nSPS) is 10.4. The topological polar surface area (TPSA) is 70.4 Å². The monoisotopic (exact) mass is 302 g/mol. The van der Waals surface area contributed by atoms with E-state index in [4.69, 9.17) is 9.47 Å². The molecule has 2 rings (SSSR count). The van der Waals surface area contributed by atoms with E-state index in [1.54, 1.807) is 49.9 Å². The van der Waals surface area contributed by atoms with Crippen LogP contribution in [0.25, 0.3) is 5.69 Å². The molecule has 6 nitrogen and oxygen atoms in total. The third-order valence-electron chi connectivity index (χ3n) is 3.25. The number of hydrogen-bond donors (Lipinski definition) is 0. The molecule has 0 unspecified atom stereocenters. The second kappa shape index (κ2) is 6.43. The zero-order chi connectivity index (χ0) is 16.3. The van der Waals surface area contributed by atoms with Gasteiger partial charge in [0.25, 0.3) is 0 Å². The molecule has 2 aromatic rings. The first kappa shape index (κ1) is 15.8. The molecule has 0 atom stereocenters. The molecule has 6 heteroatoms. The second-order valence-electron chi connectivity index (χ2n) is 4.70. The van der Waals surface area contributed by atoms with Crippen molar-refractivity contribution in [3.63, 3.8) is 0 Å². The summed E-state index contributed by atoms with van der Waals surface area (Å²) in [5, 5.41) is 4.26. The van der Waals surface area contributed by atoms with Crippen LogP contribution in [0, 0.1) is 6.92 Å². The molecule has 0 saturated carbocycles. The molecule has 1 heterocycles. The molecule has 0 amide bonds. The zero-order valence-corrected chi connectivity index (χ0v) is 13.0. The minimum absolute atomic E-state index is 0.0441. The highest BCUT2D eigenvalue weighted by Gasteiger charge is 2.25. The summed E-state index contributed by atoms with van der Waals surface area (Å²) in [5.41, 5.74) is 1.66. The molecule has 0 aliphatic heterocycles. The molecule has 0 saturated heterocycles. The van der Waals surface area contributed by atoms with Gasteiger partial charge in [0, 0.05) is 0 Å². The predicted octanol–water partition coefficient (Wildman–Crippen LogP) is 2.57. The van der Waals surface area contributed by atoms with E-state index in [9.17, 15) is 9.59 Å². The fourth-order valence-corrected chi connectivity index (χ4v) is 2.24. The summed E-state index contributed by atoms with van der Waals surface area (Å²) < 4.78 is 11.6. The minimum Gasteiger partial charge on any atom is -0.497 e. The Morgan fingerprint density at radius 1 is 1.23 bits per heavy atom. The number of rotatable bonds is 5. The molecular weight excluding hydrogens is 284 g/mol. The van der Waals surface area contributed by atoms with Gasteiger partial charge in [-0.15, -0.1) is 0 Å². The highest BCUT2D eigenvalue weighted by molar-refractivity contribution is 6.05. The van der Waals surface area contributed by atoms with Gasteiger partial charge in [-0.3, -0.25) is 4.79 Å². The summed E-state index contributed by atoms with van der Waals surface area (Å²) in [6.45, 7) is 5.09. The Bertz CT molecular complexity index is 702.